The Morgan fingerprint density at radius 2 is 1.76 bits per heavy atom. The summed E-state index contributed by atoms with van der Waals surface area (Å²) in [5.41, 5.74) is 0.808. The van der Waals surface area contributed by atoms with Gasteiger partial charge in [-0.05, 0) is 35.9 Å². The van der Waals surface area contributed by atoms with E-state index in [0.717, 1.165) is 15.4 Å². The third kappa shape index (κ3) is 3.17. The van der Waals surface area contributed by atoms with Crippen LogP contribution in [0.3, 0.4) is 0 Å². The van der Waals surface area contributed by atoms with Gasteiger partial charge >= 0.3 is 0 Å². The predicted molar refractivity (Wildman–Crippen MR) is 72.9 cm³/mol. The molecule has 0 aliphatic carbocycles. The van der Waals surface area contributed by atoms with Crippen molar-refractivity contribution < 1.29 is 5.11 Å². The van der Waals surface area contributed by atoms with Crippen molar-refractivity contribution in [2.75, 3.05) is 0 Å². The first-order valence-electron chi connectivity index (χ1n) is 5.02. The first-order valence-corrected chi connectivity index (χ1v) is 6.59. The van der Waals surface area contributed by atoms with Gasteiger partial charge in [-0.2, -0.15) is 0 Å². The summed E-state index contributed by atoms with van der Waals surface area (Å²) in [5.74, 6) is 0. The topological polar surface area (TPSA) is 20.2 Å². The molecule has 4 heteroatoms. The van der Waals surface area contributed by atoms with Crippen molar-refractivity contribution >= 4 is 35.0 Å². The highest BCUT2D eigenvalue weighted by Gasteiger charge is 2.06. The second-order valence-electron chi connectivity index (χ2n) is 3.44. The Bertz CT molecular complexity index is 529. The van der Waals surface area contributed by atoms with Gasteiger partial charge in [0, 0.05) is 14.8 Å². The summed E-state index contributed by atoms with van der Waals surface area (Å²) in [5, 5.41) is 10.6. The molecule has 0 aliphatic heterocycles. The van der Waals surface area contributed by atoms with Gasteiger partial charge in [-0.1, -0.05) is 47.1 Å². The van der Waals surface area contributed by atoms with Gasteiger partial charge in [-0.3, -0.25) is 0 Å². The van der Waals surface area contributed by atoms with Crippen LogP contribution in [0, 0.1) is 0 Å². The number of aliphatic hydroxyl groups excluding tert-OH is 1. The van der Waals surface area contributed by atoms with Crippen molar-refractivity contribution in [2.45, 2.75) is 16.4 Å². The zero-order valence-corrected chi connectivity index (χ0v) is 11.2. The second-order valence-corrected chi connectivity index (χ2v) is 5.37. The number of rotatable bonds is 3. The third-order valence-corrected chi connectivity index (χ3v) is 4.12. The summed E-state index contributed by atoms with van der Waals surface area (Å²) in [6.07, 6.45) is 0. The first-order chi connectivity index (χ1) is 8.20. The van der Waals surface area contributed by atoms with Gasteiger partial charge in [0.1, 0.15) is 0 Å². The summed E-state index contributed by atoms with van der Waals surface area (Å²) in [6.45, 7) is -0.0344. The second kappa shape index (κ2) is 5.78. The molecule has 0 spiro atoms. The van der Waals surface area contributed by atoms with Crippen molar-refractivity contribution in [3.05, 3.63) is 58.1 Å². The van der Waals surface area contributed by atoms with E-state index in [-0.39, 0.29) is 6.61 Å². The fourth-order valence-electron chi connectivity index (χ4n) is 1.42. The van der Waals surface area contributed by atoms with Gasteiger partial charge in [0.05, 0.1) is 11.6 Å². The Morgan fingerprint density at radius 3 is 2.47 bits per heavy atom. The molecule has 0 saturated carbocycles. The smallest absolute Gasteiger partial charge is 0.0693 e. The molecule has 0 aromatic heterocycles. The predicted octanol–water partition coefficient (Wildman–Crippen LogP) is 4.64. The number of hydrogen-bond acceptors (Lipinski definition) is 2. The SMILES string of the molecule is OCc1cc(Cl)ccc1Sc1ccccc1Cl. The Morgan fingerprint density at radius 1 is 1.00 bits per heavy atom. The summed E-state index contributed by atoms with van der Waals surface area (Å²) in [4.78, 5) is 1.93. The molecule has 0 unspecified atom stereocenters. The van der Waals surface area contributed by atoms with E-state index in [2.05, 4.69) is 0 Å². The maximum absolute atomic E-state index is 9.29. The van der Waals surface area contributed by atoms with E-state index < -0.39 is 0 Å². The maximum atomic E-state index is 9.29. The monoisotopic (exact) mass is 284 g/mol. The van der Waals surface area contributed by atoms with Crippen molar-refractivity contribution in [2.24, 2.45) is 0 Å². The van der Waals surface area contributed by atoms with Crippen LogP contribution in [-0.2, 0) is 6.61 Å². The van der Waals surface area contributed by atoms with Gasteiger partial charge in [0.2, 0.25) is 0 Å². The molecule has 2 aromatic rings. The normalized spacial score (nSPS) is 10.5. The molecular weight excluding hydrogens is 275 g/mol. The van der Waals surface area contributed by atoms with E-state index in [9.17, 15) is 5.11 Å². The van der Waals surface area contributed by atoms with Crippen molar-refractivity contribution in [1.29, 1.82) is 0 Å². The molecule has 17 heavy (non-hydrogen) atoms. The van der Waals surface area contributed by atoms with Crippen molar-refractivity contribution in [3.63, 3.8) is 0 Å². The van der Waals surface area contributed by atoms with Crippen LogP contribution >= 0.6 is 35.0 Å². The van der Waals surface area contributed by atoms with Crippen LogP contribution in [0.2, 0.25) is 10.0 Å². The van der Waals surface area contributed by atoms with Crippen molar-refractivity contribution in [1.82, 2.24) is 0 Å². The molecule has 88 valence electrons. The van der Waals surface area contributed by atoms with E-state index >= 15 is 0 Å². The van der Waals surface area contributed by atoms with Gasteiger partial charge in [0.15, 0.2) is 0 Å². The minimum Gasteiger partial charge on any atom is -0.392 e. The quantitative estimate of drug-likeness (QED) is 0.886. The molecule has 0 saturated heterocycles. The number of hydrogen-bond donors (Lipinski definition) is 1. The van der Waals surface area contributed by atoms with E-state index in [1.165, 1.54) is 11.8 Å². The van der Waals surface area contributed by atoms with Gasteiger partial charge in [-0.25, -0.2) is 0 Å². The molecule has 0 aliphatic rings. The van der Waals surface area contributed by atoms with Gasteiger partial charge in [-0.15, -0.1) is 0 Å². The van der Waals surface area contributed by atoms with Crippen LogP contribution in [0.1, 0.15) is 5.56 Å². The lowest BCUT2D eigenvalue weighted by atomic mass is 10.2. The largest absolute Gasteiger partial charge is 0.392 e. The molecule has 1 nitrogen and oxygen atoms in total. The summed E-state index contributed by atoms with van der Waals surface area (Å²) >= 11 is 13.5. The molecule has 2 rings (SSSR count). The van der Waals surface area contributed by atoms with Gasteiger partial charge < -0.3 is 5.11 Å². The molecule has 0 amide bonds. The van der Waals surface area contributed by atoms with Crippen LogP contribution in [-0.4, -0.2) is 5.11 Å². The standard InChI is InChI=1S/C13H10Cl2OS/c14-10-5-6-12(9(7-10)8-16)17-13-4-2-1-3-11(13)15/h1-7,16H,8H2. The zero-order chi connectivity index (χ0) is 12.3. The molecular formula is C13H10Cl2OS. The lowest BCUT2D eigenvalue weighted by molar-refractivity contribution is 0.279. The molecule has 0 radical (unpaired) electrons. The lowest BCUT2D eigenvalue weighted by Gasteiger charge is -2.08. The summed E-state index contributed by atoms with van der Waals surface area (Å²) < 4.78 is 0. The molecule has 0 atom stereocenters. The Kier molecular flexibility index (Phi) is 4.35. The summed E-state index contributed by atoms with van der Waals surface area (Å²) in [7, 11) is 0. The van der Waals surface area contributed by atoms with Crippen LogP contribution < -0.4 is 0 Å². The fourth-order valence-corrected chi connectivity index (χ4v) is 2.80. The maximum Gasteiger partial charge on any atom is 0.0693 e. The molecule has 1 N–H and O–H groups in total. The van der Waals surface area contributed by atoms with Crippen LogP contribution in [0.15, 0.2) is 52.3 Å². The number of benzene rings is 2. The Labute approximate surface area is 114 Å². The first kappa shape index (κ1) is 12.8. The van der Waals surface area contributed by atoms with E-state index in [1.54, 1.807) is 12.1 Å². The van der Waals surface area contributed by atoms with Gasteiger partial charge in [0.25, 0.3) is 0 Å². The molecule has 0 bridgehead atoms. The molecule has 0 fully saturated rings. The average Bonchev–Trinajstić information content (AvgIpc) is 2.34. The lowest BCUT2D eigenvalue weighted by Crippen LogP contribution is -1.87. The molecule has 2 aromatic carbocycles. The Hall–Kier alpha value is -0.670. The van der Waals surface area contributed by atoms with Crippen LogP contribution in [0.25, 0.3) is 0 Å². The fraction of sp³-hybridized carbons (Fsp3) is 0.0769. The average molecular weight is 285 g/mol. The number of halogens is 2. The highest BCUT2D eigenvalue weighted by molar-refractivity contribution is 7.99. The van der Waals surface area contributed by atoms with Crippen LogP contribution in [0.5, 0.6) is 0 Å². The molecule has 0 heterocycles. The summed E-state index contributed by atoms with van der Waals surface area (Å²) in [6, 6.07) is 13.1. The van der Waals surface area contributed by atoms with E-state index in [0.29, 0.717) is 10.0 Å². The van der Waals surface area contributed by atoms with Crippen LogP contribution in [0.4, 0.5) is 0 Å². The van der Waals surface area contributed by atoms with Crippen molar-refractivity contribution in [3.8, 4) is 0 Å². The highest BCUT2D eigenvalue weighted by Crippen LogP contribution is 2.35. The highest BCUT2D eigenvalue weighted by atomic mass is 35.5. The Balaban J connectivity index is 2.33. The zero-order valence-electron chi connectivity index (χ0n) is 8.86. The minimum absolute atomic E-state index is 0.0344. The number of aliphatic hydroxyl groups is 1. The van der Waals surface area contributed by atoms with E-state index in [4.69, 9.17) is 23.2 Å². The third-order valence-electron chi connectivity index (χ3n) is 2.25. The van der Waals surface area contributed by atoms with E-state index in [1.807, 2.05) is 30.3 Å². The minimum atomic E-state index is -0.0344.